The van der Waals surface area contributed by atoms with Gasteiger partial charge in [-0.15, -0.1) is 0 Å². The monoisotopic (exact) mass is 347 g/mol. The number of nitrogen functional groups attached to an aromatic ring is 1. The predicted octanol–water partition coefficient (Wildman–Crippen LogP) is 3.34. The van der Waals surface area contributed by atoms with Crippen LogP contribution >= 0.6 is 35.0 Å². The van der Waals surface area contributed by atoms with Crippen molar-refractivity contribution in [3.63, 3.8) is 0 Å². The summed E-state index contributed by atoms with van der Waals surface area (Å²) in [4.78, 5) is 14.3. The fraction of sp³-hybridized carbons (Fsp3) is 0.500. The van der Waals surface area contributed by atoms with Gasteiger partial charge in [0.2, 0.25) is 5.91 Å². The molecule has 1 aromatic carbocycles. The molecule has 2 rings (SSSR count). The van der Waals surface area contributed by atoms with Gasteiger partial charge in [-0.25, -0.2) is 0 Å². The van der Waals surface area contributed by atoms with Crippen molar-refractivity contribution in [2.75, 3.05) is 36.1 Å². The van der Waals surface area contributed by atoms with Crippen molar-refractivity contribution in [3.05, 3.63) is 22.2 Å². The molecular formula is C14H19Cl2N3OS. The van der Waals surface area contributed by atoms with Crippen LogP contribution in [0.3, 0.4) is 0 Å². The Morgan fingerprint density at radius 1 is 1.52 bits per heavy atom. The minimum absolute atomic E-state index is 0.0941. The number of amides is 1. The average molecular weight is 348 g/mol. The fourth-order valence-electron chi connectivity index (χ4n) is 2.26. The zero-order valence-electron chi connectivity index (χ0n) is 11.9. The standard InChI is InChI=1S/C14H19Cl2N3OS/c1-19(10-3-5-21-8-10)4-2-13(20)18-14-11(16)6-9(15)7-12(14)17/h6-7,10H,2-5,8,17H2,1H3,(H,18,20). The van der Waals surface area contributed by atoms with Crippen LogP contribution in [0.1, 0.15) is 12.8 Å². The molecule has 1 aromatic rings. The Kier molecular flexibility index (Phi) is 6.05. The van der Waals surface area contributed by atoms with Crippen molar-refractivity contribution >= 4 is 52.2 Å². The Bertz CT molecular complexity index is 498. The Hall–Kier alpha value is -0.620. The molecule has 0 spiro atoms. The van der Waals surface area contributed by atoms with Gasteiger partial charge in [0.25, 0.3) is 0 Å². The minimum atomic E-state index is -0.0941. The molecule has 0 saturated carbocycles. The van der Waals surface area contributed by atoms with Crippen LogP contribution in [0.2, 0.25) is 10.0 Å². The van der Waals surface area contributed by atoms with Gasteiger partial charge in [0.05, 0.1) is 16.4 Å². The van der Waals surface area contributed by atoms with E-state index in [9.17, 15) is 4.79 Å². The Balaban J connectivity index is 1.87. The van der Waals surface area contributed by atoms with Gasteiger partial charge >= 0.3 is 0 Å². The molecule has 21 heavy (non-hydrogen) atoms. The van der Waals surface area contributed by atoms with E-state index >= 15 is 0 Å². The van der Waals surface area contributed by atoms with Crippen LogP contribution in [-0.2, 0) is 4.79 Å². The molecule has 0 radical (unpaired) electrons. The second kappa shape index (κ2) is 7.58. The summed E-state index contributed by atoms with van der Waals surface area (Å²) in [6.45, 7) is 0.724. The molecule has 1 unspecified atom stereocenters. The van der Waals surface area contributed by atoms with Gasteiger partial charge in [-0.1, -0.05) is 23.2 Å². The largest absolute Gasteiger partial charge is 0.397 e. The van der Waals surface area contributed by atoms with Crippen molar-refractivity contribution in [2.45, 2.75) is 18.9 Å². The summed E-state index contributed by atoms with van der Waals surface area (Å²) in [5.74, 6) is 2.26. The smallest absolute Gasteiger partial charge is 0.225 e. The number of nitrogens with two attached hydrogens (primary N) is 1. The quantitative estimate of drug-likeness (QED) is 0.802. The molecule has 0 aliphatic carbocycles. The lowest BCUT2D eigenvalue weighted by molar-refractivity contribution is -0.116. The lowest BCUT2D eigenvalue weighted by Crippen LogP contribution is -2.34. The zero-order valence-corrected chi connectivity index (χ0v) is 14.2. The first-order valence-corrected chi connectivity index (χ1v) is 8.71. The van der Waals surface area contributed by atoms with Crippen molar-refractivity contribution in [1.82, 2.24) is 4.90 Å². The van der Waals surface area contributed by atoms with Gasteiger partial charge in [0, 0.05) is 29.8 Å². The van der Waals surface area contributed by atoms with Crippen LogP contribution in [0.5, 0.6) is 0 Å². The second-order valence-electron chi connectivity index (χ2n) is 5.15. The van der Waals surface area contributed by atoms with E-state index < -0.39 is 0 Å². The maximum absolute atomic E-state index is 12.0. The van der Waals surface area contributed by atoms with Crippen molar-refractivity contribution in [1.29, 1.82) is 0 Å². The second-order valence-corrected chi connectivity index (χ2v) is 7.14. The lowest BCUT2D eigenvalue weighted by Gasteiger charge is -2.23. The number of hydrogen-bond donors (Lipinski definition) is 2. The number of nitrogens with one attached hydrogen (secondary N) is 1. The number of halogens is 2. The zero-order chi connectivity index (χ0) is 15.4. The molecule has 3 N–H and O–H groups in total. The van der Waals surface area contributed by atoms with Gasteiger partial charge in [-0.05, 0) is 31.4 Å². The molecule has 1 saturated heterocycles. The van der Waals surface area contributed by atoms with E-state index in [2.05, 4.69) is 17.3 Å². The molecular weight excluding hydrogens is 329 g/mol. The first kappa shape index (κ1) is 16.7. The third-order valence-corrected chi connectivity index (χ3v) is 5.23. The Morgan fingerprint density at radius 3 is 2.90 bits per heavy atom. The van der Waals surface area contributed by atoms with Crippen molar-refractivity contribution in [2.24, 2.45) is 0 Å². The molecule has 1 atom stereocenters. The Labute approximate surface area is 139 Å². The maximum Gasteiger partial charge on any atom is 0.225 e. The van der Waals surface area contributed by atoms with E-state index in [-0.39, 0.29) is 5.91 Å². The van der Waals surface area contributed by atoms with Crippen LogP contribution in [0, 0.1) is 0 Å². The Morgan fingerprint density at radius 2 is 2.29 bits per heavy atom. The molecule has 4 nitrogen and oxygen atoms in total. The van der Waals surface area contributed by atoms with Crippen LogP contribution in [0.25, 0.3) is 0 Å². The number of benzene rings is 1. The number of anilines is 2. The summed E-state index contributed by atoms with van der Waals surface area (Å²) < 4.78 is 0. The third-order valence-electron chi connectivity index (χ3n) is 3.57. The first-order valence-electron chi connectivity index (χ1n) is 6.79. The summed E-state index contributed by atoms with van der Waals surface area (Å²) in [6, 6.07) is 3.72. The first-order chi connectivity index (χ1) is 9.97. The van der Waals surface area contributed by atoms with Gasteiger partial charge < -0.3 is 16.0 Å². The van der Waals surface area contributed by atoms with E-state index in [4.69, 9.17) is 28.9 Å². The molecule has 116 valence electrons. The number of thioether (sulfide) groups is 1. The van der Waals surface area contributed by atoms with Crippen molar-refractivity contribution in [3.8, 4) is 0 Å². The third kappa shape index (κ3) is 4.68. The number of hydrogen-bond acceptors (Lipinski definition) is 4. The topological polar surface area (TPSA) is 58.4 Å². The molecule has 1 fully saturated rings. The number of rotatable bonds is 5. The normalized spacial score (nSPS) is 18.2. The summed E-state index contributed by atoms with van der Waals surface area (Å²) in [7, 11) is 2.06. The molecule has 7 heteroatoms. The number of carbonyl (C=O) groups excluding carboxylic acids is 1. The highest BCUT2D eigenvalue weighted by Gasteiger charge is 2.20. The van der Waals surface area contributed by atoms with E-state index in [1.165, 1.54) is 12.2 Å². The molecule has 1 aliphatic heterocycles. The molecule has 1 amide bonds. The van der Waals surface area contributed by atoms with E-state index in [1.54, 1.807) is 12.1 Å². The average Bonchev–Trinajstić information content (AvgIpc) is 2.94. The summed E-state index contributed by atoms with van der Waals surface area (Å²) in [5, 5.41) is 3.57. The summed E-state index contributed by atoms with van der Waals surface area (Å²) in [5.41, 5.74) is 6.64. The van der Waals surface area contributed by atoms with Gasteiger partial charge in [-0.3, -0.25) is 4.79 Å². The van der Waals surface area contributed by atoms with Gasteiger partial charge in [0.1, 0.15) is 0 Å². The molecule has 1 heterocycles. The highest BCUT2D eigenvalue weighted by molar-refractivity contribution is 7.99. The van der Waals surface area contributed by atoms with E-state index in [1.807, 2.05) is 11.8 Å². The minimum Gasteiger partial charge on any atom is -0.397 e. The SMILES string of the molecule is CN(CCC(=O)Nc1c(N)cc(Cl)cc1Cl)C1CCSC1. The molecule has 1 aliphatic rings. The van der Waals surface area contributed by atoms with Crippen LogP contribution in [0.4, 0.5) is 11.4 Å². The van der Waals surface area contributed by atoms with Gasteiger partial charge in [0.15, 0.2) is 0 Å². The fourth-order valence-corrected chi connectivity index (χ4v) is 4.11. The summed E-state index contributed by atoms with van der Waals surface area (Å²) >= 11 is 13.9. The predicted molar refractivity (Wildman–Crippen MR) is 92.5 cm³/mol. The number of carbonyl (C=O) groups is 1. The van der Waals surface area contributed by atoms with Gasteiger partial charge in [-0.2, -0.15) is 11.8 Å². The van der Waals surface area contributed by atoms with Crippen LogP contribution in [0.15, 0.2) is 12.1 Å². The van der Waals surface area contributed by atoms with Crippen LogP contribution < -0.4 is 11.1 Å². The number of nitrogens with zero attached hydrogens (tertiary/aromatic N) is 1. The lowest BCUT2D eigenvalue weighted by atomic mass is 10.2. The maximum atomic E-state index is 12.0. The molecule has 0 bridgehead atoms. The highest BCUT2D eigenvalue weighted by atomic mass is 35.5. The van der Waals surface area contributed by atoms with Crippen molar-refractivity contribution < 1.29 is 4.79 Å². The van der Waals surface area contributed by atoms with E-state index in [0.29, 0.717) is 33.9 Å². The highest BCUT2D eigenvalue weighted by Crippen LogP contribution is 2.32. The van der Waals surface area contributed by atoms with Crippen LogP contribution in [-0.4, -0.2) is 41.9 Å². The summed E-state index contributed by atoms with van der Waals surface area (Å²) in [6.07, 6.45) is 1.61. The van der Waals surface area contributed by atoms with E-state index in [0.717, 1.165) is 12.3 Å². The molecule has 0 aromatic heterocycles.